The number of amides is 1. The first-order valence-corrected chi connectivity index (χ1v) is 8.76. The van der Waals surface area contributed by atoms with E-state index in [2.05, 4.69) is 20.9 Å². The van der Waals surface area contributed by atoms with Gasteiger partial charge in [0.1, 0.15) is 0 Å². The fourth-order valence-electron chi connectivity index (χ4n) is 3.58. The summed E-state index contributed by atoms with van der Waals surface area (Å²) in [5, 5.41) is 2.97. The van der Waals surface area contributed by atoms with Gasteiger partial charge < -0.3 is 9.88 Å². The molecule has 25 heavy (non-hydrogen) atoms. The Morgan fingerprint density at radius 2 is 1.92 bits per heavy atom. The zero-order valence-electron chi connectivity index (χ0n) is 15.0. The molecule has 132 valence electrons. The summed E-state index contributed by atoms with van der Waals surface area (Å²) in [6, 6.07) is 11.3. The van der Waals surface area contributed by atoms with Crippen molar-refractivity contribution < 1.29 is 9.59 Å². The lowest BCUT2D eigenvalue weighted by molar-refractivity contribution is -0.121. The van der Waals surface area contributed by atoms with E-state index in [0.29, 0.717) is 5.56 Å². The van der Waals surface area contributed by atoms with Crippen LogP contribution in [0.1, 0.15) is 48.8 Å². The molecule has 1 aliphatic heterocycles. The zero-order chi connectivity index (χ0) is 18.0. The molecule has 1 saturated heterocycles. The molecule has 1 aromatic heterocycles. The van der Waals surface area contributed by atoms with Crippen molar-refractivity contribution in [1.82, 2.24) is 9.47 Å². The second-order valence-electron chi connectivity index (χ2n) is 6.74. The lowest BCUT2D eigenvalue weighted by Crippen LogP contribution is -2.42. The molecule has 2 aromatic rings. The maximum Gasteiger partial charge on any atom is 0.241 e. The number of hydrogen-bond acceptors (Lipinski definition) is 3. The van der Waals surface area contributed by atoms with Gasteiger partial charge in [0.2, 0.25) is 5.91 Å². The third kappa shape index (κ3) is 3.66. The van der Waals surface area contributed by atoms with E-state index in [1.807, 2.05) is 26.2 Å². The number of Topliss-reactive ketones (excluding diaryl/α,β-unsaturated/α-hetero) is 1. The van der Waals surface area contributed by atoms with E-state index in [4.69, 9.17) is 0 Å². The van der Waals surface area contributed by atoms with Crippen molar-refractivity contribution in [2.24, 2.45) is 7.05 Å². The Labute approximate surface area is 148 Å². The highest BCUT2D eigenvalue weighted by Crippen LogP contribution is 2.33. The fourth-order valence-corrected chi connectivity index (χ4v) is 3.58. The molecule has 2 atom stereocenters. The predicted molar refractivity (Wildman–Crippen MR) is 98.6 cm³/mol. The second-order valence-corrected chi connectivity index (χ2v) is 6.74. The maximum absolute atomic E-state index is 12.7. The lowest BCUT2D eigenvalue weighted by Gasteiger charge is -2.30. The first-order chi connectivity index (χ1) is 12.0. The zero-order valence-corrected chi connectivity index (χ0v) is 15.0. The Morgan fingerprint density at radius 3 is 2.52 bits per heavy atom. The minimum atomic E-state index is -0.213. The first kappa shape index (κ1) is 17.4. The van der Waals surface area contributed by atoms with Gasteiger partial charge in [-0.1, -0.05) is 0 Å². The number of rotatable bonds is 5. The van der Waals surface area contributed by atoms with E-state index in [0.717, 1.165) is 25.1 Å². The number of aryl methyl sites for hydroxylation is 1. The maximum atomic E-state index is 12.7. The highest BCUT2D eigenvalue weighted by Gasteiger charge is 2.34. The summed E-state index contributed by atoms with van der Waals surface area (Å²) in [4.78, 5) is 26.3. The van der Waals surface area contributed by atoms with Crippen molar-refractivity contribution in [2.45, 2.75) is 38.8 Å². The van der Waals surface area contributed by atoms with E-state index < -0.39 is 0 Å². The summed E-state index contributed by atoms with van der Waals surface area (Å²) in [5.41, 5.74) is 2.62. The van der Waals surface area contributed by atoms with Gasteiger partial charge in [-0.2, -0.15) is 0 Å². The van der Waals surface area contributed by atoms with Crippen LogP contribution in [0.3, 0.4) is 0 Å². The molecular formula is C20H25N3O2. The van der Waals surface area contributed by atoms with Crippen LogP contribution in [0, 0.1) is 0 Å². The molecular weight excluding hydrogens is 314 g/mol. The van der Waals surface area contributed by atoms with Crippen LogP contribution in [0.5, 0.6) is 0 Å². The van der Waals surface area contributed by atoms with Gasteiger partial charge in [0.15, 0.2) is 5.78 Å². The molecule has 1 aromatic carbocycles. The minimum Gasteiger partial charge on any atom is -0.353 e. The molecule has 3 rings (SSSR count). The second kappa shape index (κ2) is 7.23. The van der Waals surface area contributed by atoms with E-state index >= 15 is 0 Å². The van der Waals surface area contributed by atoms with Crippen molar-refractivity contribution >= 4 is 17.4 Å². The summed E-state index contributed by atoms with van der Waals surface area (Å²) >= 11 is 0. The monoisotopic (exact) mass is 339 g/mol. The largest absolute Gasteiger partial charge is 0.353 e. The first-order valence-electron chi connectivity index (χ1n) is 8.76. The Balaban J connectivity index is 1.69. The minimum absolute atomic E-state index is 0.0170. The van der Waals surface area contributed by atoms with Gasteiger partial charge in [-0.25, -0.2) is 0 Å². The van der Waals surface area contributed by atoms with Crippen LogP contribution in [0.15, 0.2) is 42.6 Å². The van der Waals surface area contributed by atoms with Crippen molar-refractivity contribution in [2.75, 3.05) is 11.9 Å². The molecule has 0 bridgehead atoms. The van der Waals surface area contributed by atoms with Crippen LogP contribution in [0.25, 0.3) is 0 Å². The van der Waals surface area contributed by atoms with Gasteiger partial charge in [0, 0.05) is 30.2 Å². The molecule has 0 radical (unpaired) electrons. The number of carbonyl (C=O) groups is 2. The quantitative estimate of drug-likeness (QED) is 0.850. The Hall–Kier alpha value is -2.40. The Kier molecular flexibility index (Phi) is 5.04. The number of aromatic nitrogens is 1. The van der Waals surface area contributed by atoms with E-state index in [1.165, 1.54) is 12.6 Å². The van der Waals surface area contributed by atoms with Crippen molar-refractivity contribution in [3.63, 3.8) is 0 Å². The molecule has 1 N–H and O–H groups in total. The number of benzene rings is 1. The van der Waals surface area contributed by atoms with Crippen LogP contribution in [0.2, 0.25) is 0 Å². The normalized spacial score (nSPS) is 18.9. The number of nitrogens with zero attached hydrogens (tertiary/aromatic N) is 2. The third-order valence-electron chi connectivity index (χ3n) is 5.06. The summed E-state index contributed by atoms with van der Waals surface area (Å²) in [7, 11) is 2.05. The van der Waals surface area contributed by atoms with Gasteiger partial charge in [-0.3, -0.25) is 14.5 Å². The molecule has 5 heteroatoms. The van der Waals surface area contributed by atoms with Gasteiger partial charge in [-0.15, -0.1) is 0 Å². The average molecular weight is 339 g/mol. The number of carbonyl (C=O) groups excluding carboxylic acids is 2. The standard InChI is InChI=1S/C20H25N3O2/c1-14(20(25)21-17-10-8-16(9-11-17)15(2)24)23-13-5-7-19(23)18-6-4-12-22(18)3/h4,6,8-12,14,19H,5,7,13H2,1-3H3,(H,21,25)/t14-,19+/m0/s1. The molecule has 1 amide bonds. The van der Waals surface area contributed by atoms with Crippen LogP contribution in [-0.2, 0) is 11.8 Å². The fraction of sp³-hybridized carbons (Fsp3) is 0.400. The highest BCUT2D eigenvalue weighted by atomic mass is 16.2. The topological polar surface area (TPSA) is 54.3 Å². The van der Waals surface area contributed by atoms with E-state index in [1.54, 1.807) is 24.3 Å². The summed E-state index contributed by atoms with van der Waals surface area (Å²) in [5.74, 6) is 0.00500. The van der Waals surface area contributed by atoms with E-state index in [-0.39, 0.29) is 23.8 Å². The van der Waals surface area contributed by atoms with E-state index in [9.17, 15) is 9.59 Å². The van der Waals surface area contributed by atoms with Gasteiger partial charge in [0.25, 0.3) is 0 Å². The number of likely N-dealkylation sites (tertiary alicyclic amines) is 1. The molecule has 0 unspecified atom stereocenters. The smallest absolute Gasteiger partial charge is 0.241 e. The molecule has 5 nitrogen and oxygen atoms in total. The molecule has 1 aliphatic rings. The van der Waals surface area contributed by atoms with Crippen LogP contribution in [-0.4, -0.2) is 33.7 Å². The van der Waals surface area contributed by atoms with Crippen molar-refractivity contribution in [1.29, 1.82) is 0 Å². The van der Waals surface area contributed by atoms with Crippen LogP contribution < -0.4 is 5.32 Å². The molecule has 1 fully saturated rings. The number of ketones is 1. The average Bonchev–Trinajstić information content (AvgIpc) is 3.22. The third-order valence-corrected chi connectivity index (χ3v) is 5.06. The summed E-state index contributed by atoms with van der Waals surface area (Å²) in [6.07, 6.45) is 4.22. The van der Waals surface area contributed by atoms with Crippen molar-refractivity contribution in [3.05, 3.63) is 53.9 Å². The Morgan fingerprint density at radius 1 is 1.20 bits per heavy atom. The van der Waals surface area contributed by atoms with Crippen LogP contribution >= 0.6 is 0 Å². The van der Waals surface area contributed by atoms with Crippen LogP contribution in [0.4, 0.5) is 5.69 Å². The van der Waals surface area contributed by atoms with Gasteiger partial charge >= 0.3 is 0 Å². The van der Waals surface area contributed by atoms with Crippen molar-refractivity contribution in [3.8, 4) is 0 Å². The highest BCUT2D eigenvalue weighted by molar-refractivity contribution is 5.97. The summed E-state index contributed by atoms with van der Waals surface area (Å²) < 4.78 is 2.13. The number of nitrogens with one attached hydrogen (secondary N) is 1. The number of hydrogen-bond donors (Lipinski definition) is 1. The summed E-state index contributed by atoms with van der Waals surface area (Å²) in [6.45, 7) is 4.42. The number of anilines is 1. The molecule has 2 heterocycles. The predicted octanol–water partition coefficient (Wildman–Crippen LogP) is 3.39. The van der Waals surface area contributed by atoms with Gasteiger partial charge in [0.05, 0.1) is 12.1 Å². The Bertz CT molecular complexity index is 764. The molecule has 0 saturated carbocycles. The lowest BCUT2D eigenvalue weighted by atomic mass is 10.1. The molecule has 0 spiro atoms. The van der Waals surface area contributed by atoms with Gasteiger partial charge in [-0.05, 0) is 69.6 Å². The molecule has 0 aliphatic carbocycles. The SMILES string of the molecule is CC(=O)c1ccc(NC(=O)[C@H](C)N2CCC[C@@H]2c2cccn2C)cc1.